The largest absolute Gasteiger partial charge is 0.493 e. The van der Waals surface area contributed by atoms with E-state index in [0.717, 1.165) is 11.1 Å². The van der Waals surface area contributed by atoms with E-state index in [2.05, 4.69) is 11.1 Å². The van der Waals surface area contributed by atoms with Crippen LogP contribution in [0.1, 0.15) is 22.3 Å². The number of nitriles is 1. The van der Waals surface area contributed by atoms with Gasteiger partial charge in [0.05, 0.1) is 43.8 Å². The highest BCUT2D eigenvalue weighted by atomic mass is 35.5. The predicted octanol–water partition coefficient (Wildman–Crippen LogP) is 4.61. The van der Waals surface area contributed by atoms with Crippen molar-refractivity contribution in [1.29, 1.82) is 5.26 Å². The number of hydrogen-bond acceptors (Lipinski definition) is 5. The lowest BCUT2D eigenvalue weighted by molar-refractivity contribution is -0.117. The fourth-order valence-corrected chi connectivity index (χ4v) is 3.88. The van der Waals surface area contributed by atoms with Crippen molar-refractivity contribution < 1.29 is 14.3 Å². The Hall–Kier alpha value is -3.82. The zero-order valence-electron chi connectivity index (χ0n) is 17.6. The van der Waals surface area contributed by atoms with Crippen molar-refractivity contribution in [2.45, 2.75) is 6.54 Å². The van der Waals surface area contributed by atoms with E-state index in [-0.39, 0.29) is 19.0 Å². The number of benzodiazepines with no additional fused rings is 1. The van der Waals surface area contributed by atoms with Gasteiger partial charge in [-0.25, -0.2) is 0 Å². The maximum atomic E-state index is 13.2. The molecule has 0 radical (unpaired) electrons. The number of carbonyl (C=O) groups is 1. The molecule has 0 saturated carbocycles. The number of carbonyl (C=O) groups excluding carboxylic acids is 1. The number of methoxy groups -OCH3 is 2. The lowest BCUT2D eigenvalue weighted by Gasteiger charge is -2.25. The number of ether oxygens (including phenoxy) is 2. The summed E-state index contributed by atoms with van der Waals surface area (Å²) in [5.74, 6) is 0.836. The van der Waals surface area contributed by atoms with E-state index >= 15 is 0 Å². The summed E-state index contributed by atoms with van der Waals surface area (Å²) in [5.41, 5.74) is 4.01. The minimum Gasteiger partial charge on any atom is -0.493 e. The van der Waals surface area contributed by atoms with Gasteiger partial charge >= 0.3 is 0 Å². The summed E-state index contributed by atoms with van der Waals surface area (Å²) in [7, 11) is 3.10. The highest BCUT2D eigenvalue weighted by Crippen LogP contribution is 2.38. The third-order valence-corrected chi connectivity index (χ3v) is 5.64. The lowest BCUT2D eigenvalue weighted by atomic mass is 9.98. The van der Waals surface area contributed by atoms with E-state index < -0.39 is 0 Å². The quantitative estimate of drug-likeness (QED) is 0.574. The molecule has 0 N–H and O–H groups in total. The molecule has 0 spiro atoms. The number of anilines is 1. The Morgan fingerprint density at radius 3 is 2.53 bits per heavy atom. The smallest absolute Gasteiger partial charge is 0.248 e. The lowest BCUT2D eigenvalue weighted by Crippen LogP contribution is -2.32. The molecule has 0 aromatic heterocycles. The fourth-order valence-electron chi connectivity index (χ4n) is 3.69. The monoisotopic (exact) mass is 445 g/mol. The molecular weight excluding hydrogens is 426 g/mol. The number of nitrogens with zero attached hydrogens (tertiary/aromatic N) is 3. The van der Waals surface area contributed by atoms with Crippen LogP contribution in [0.2, 0.25) is 5.02 Å². The molecule has 1 amide bonds. The molecule has 1 aliphatic rings. The minimum absolute atomic E-state index is 0.0458. The Morgan fingerprint density at radius 2 is 1.81 bits per heavy atom. The van der Waals surface area contributed by atoms with E-state index in [1.807, 2.05) is 30.3 Å². The summed E-state index contributed by atoms with van der Waals surface area (Å²) >= 11 is 6.38. The van der Waals surface area contributed by atoms with Gasteiger partial charge < -0.3 is 14.4 Å². The van der Waals surface area contributed by atoms with Crippen molar-refractivity contribution in [2.75, 3.05) is 25.7 Å². The average molecular weight is 446 g/mol. The Labute approximate surface area is 191 Å². The molecule has 160 valence electrons. The van der Waals surface area contributed by atoms with Gasteiger partial charge in [-0.15, -0.1) is 0 Å². The van der Waals surface area contributed by atoms with Crippen LogP contribution in [0.5, 0.6) is 11.5 Å². The van der Waals surface area contributed by atoms with Crippen LogP contribution in [0.4, 0.5) is 5.69 Å². The standard InChI is InChI=1S/C25H20ClN3O3/c1-31-22-11-19-21(12-23(22)32-2)29(15-18-7-3-4-9-20(18)26)24(30)14-28-25(19)17-8-5-6-16(10-17)13-27/h3-12H,14-15H2,1-2H3. The SMILES string of the molecule is COc1cc2c(cc1OC)N(Cc1ccccc1Cl)C(=O)CN=C2c1cccc(C#N)c1. The first kappa shape index (κ1) is 21.4. The third kappa shape index (κ3) is 4.03. The highest BCUT2D eigenvalue weighted by Gasteiger charge is 2.28. The van der Waals surface area contributed by atoms with E-state index in [4.69, 9.17) is 21.1 Å². The third-order valence-electron chi connectivity index (χ3n) is 5.27. The molecule has 0 saturated heterocycles. The van der Waals surface area contributed by atoms with Crippen LogP contribution in [0, 0.1) is 11.3 Å². The van der Waals surface area contributed by atoms with Crippen LogP contribution in [-0.4, -0.2) is 32.4 Å². The van der Waals surface area contributed by atoms with Crippen molar-refractivity contribution in [1.82, 2.24) is 0 Å². The molecule has 32 heavy (non-hydrogen) atoms. The van der Waals surface area contributed by atoms with Gasteiger partial charge in [-0.3, -0.25) is 9.79 Å². The van der Waals surface area contributed by atoms with Crippen LogP contribution in [0.3, 0.4) is 0 Å². The summed E-state index contributed by atoms with van der Waals surface area (Å²) in [5, 5.41) is 9.91. The zero-order valence-corrected chi connectivity index (χ0v) is 18.4. The molecule has 1 heterocycles. The summed E-state index contributed by atoms with van der Waals surface area (Å²) in [6, 6.07) is 20.3. The van der Waals surface area contributed by atoms with Crippen LogP contribution < -0.4 is 14.4 Å². The molecule has 6 nitrogen and oxygen atoms in total. The normalized spacial score (nSPS) is 13.0. The molecule has 0 unspecified atom stereocenters. The Morgan fingerprint density at radius 1 is 1.06 bits per heavy atom. The van der Waals surface area contributed by atoms with Crippen LogP contribution in [0.15, 0.2) is 65.7 Å². The van der Waals surface area contributed by atoms with Crippen molar-refractivity contribution >= 4 is 28.9 Å². The van der Waals surface area contributed by atoms with Crippen molar-refractivity contribution in [2.24, 2.45) is 4.99 Å². The molecule has 0 aliphatic carbocycles. The second-order valence-electron chi connectivity index (χ2n) is 7.15. The molecule has 7 heteroatoms. The number of aliphatic imine (C=N–C) groups is 1. The average Bonchev–Trinajstić information content (AvgIpc) is 2.95. The first-order chi connectivity index (χ1) is 15.5. The van der Waals surface area contributed by atoms with Gasteiger partial charge in [0, 0.05) is 22.2 Å². The Balaban J connectivity index is 1.91. The van der Waals surface area contributed by atoms with E-state index in [0.29, 0.717) is 39.0 Å². The van der Waals surface area contributed by atoms with Gasteiger partial charge in [0.15, 0.2) is 11.5 Å². The summed E-state index contributed by atoms with van der Waals surface area (Å²) in [6.07, 6.45) is 0. The fraction of sp³-hybridized carbons (Fsp3) is 0.160. The molecule has 0 bridgehead atoms. The molecule has 3 aromatic carbocycles. The number of halogens is 1. The number of rotatable bonds is 5. The maximum Gasteiger partial charge on any atom is 0.248 e. The molecular formula is C25H20ClN3O3. The molecule has 4 rings (SSSR count). The first-order valence-electron chi connectivity index (χ1n) is 9.91. The van der Waals surface area contributed by atoms with Crippen LogP contribution in [-0.2, 0) is 11.3 Å². The zero-order chi connectivity index (χ0) is 22.7. The number of hydrogen-bond donors (Lipinski definition) is 0. The van der Waals surface area contributed by atoms with Crippen LogP contribution >= 0.6 is 11.6 Å². The number of fused-ring (bicyclic) bond motifs is 1. The van der Waals surface area contributed by atoms with E-state index in [9.17, 15) is 10.1 Å². The van der Waals surface area contributed by atoms with Gasteiger partial charge in [-0.05, 0) is 29.8 Å². The number of amides is 1. The summed E-state index contributed by atoms with van der Waals surface area (Å²) in [6.45, 7) is 0.234. The summed E-state index contributed by atoms with van der Waals surface area (Å²) < 4.78 is 11.0. The topological polar surface area (TPSA) is 74.9 Å². The van der Waals surface area contributed by atoms with Gasteiger partial charge in [0.1, 0.15) is 6.54 Å². The van der Waals surface area contributed by atoms with E-state index in [1.165, 1.54) is 0 Å². The van der Waals surface area contributed by atoms with Gasteiger partial charge in [0.25, 0.3) is 0 Å². The van der Waals surface area contributed by atoms with E-state index in [1.54, 1.807) is 49.5 Å². The van der Waals surface area contributed by atoms with Crippen LogP contribution in [0.25, 0.3) is 0 Å². The first-order valence-corrected chi connectivity index (χ1v) is 10.3. The molecule has 0 atom stereocenters. The maximum absolute atomic E-state index is 13.2. The van der Waals surface area contributed by atoms with Crippen molar-refractivity contribution in [3.63, 3.8) is 0 Å². The van der Waals surface area contributed by atoms with Gasteiger partial charge in [0.2, 0.25) is 5.91 Å². The molecule has 1 aliphatic heterocycles. The predicted molar refractivity (Wildman–Crippen MR) is 124 cm³/mol. The van der Waals surface area contributed by atoms with Crippen molar-refractivity contribution in [3.8, 4) is 17.6 Å². The molecule has 0 fully saturated rings. The second kappa shape index (κ2) is 9.13. The highest BCUT2D eigenvalue weighted by molar-refractivity contribution is 6.31. The number of benzene rings is 3. The molecule has 3 aromatic rings. The second-order valence-corrected chi connectivity index (χ2v) is 7.56. The van der Waals surface area contributed by atoms with Gasteiger partial charge in [-0.2, -0.15) is 5.26 Å². The Bertz CT molecular complexity index is 1260. The minimum atomic E-state index is -0.176. The summed E-state index contributed by atoms with van der Waals surface area (Å²) in [4.78, 5) is 19.5. The van der Waals surface area contributed by atoms with Gasteiger partial charge in [-0.1, -0.05) is 41.9 Å². The van der Waals surface area contributed by atoms with Crippen molar-refractivity contribution in [3.05, 3.63) is 87.9 Å². The Kier molecular flexibility index (Phi) is 6.11.